The SMILES string of the molecule is CC(C)n1nc(COc2ccccc2CC(=O)O)c2cc(-c3cccc4c(N)nn(C)c34)ccc21. The second-order valence-corrected chi connectivity index (χ2v) is 8.89. The zero-order chi connectivity index (χ0) is 24.7. The average Bonchev–Trinajstić information content (AvgIpc) is 3.34. The summed E-state index contributed by atoms with van der Waals surface area (Å²) in [5.41, 5.74) is 11.6. The fourth-order valence-electron chi connectivity index (χ4n) is 4.57. The average molecular weight is 470 g/mol. The molecule has 0 atom stereocenters. The Labute approximate surface area is 202 Å². The Morgan fingerprint density at radius 3 is 2.63 bits per heavy atom. The minimum atomic E-state index is -0.898. The monoisotopic (exact) mass is 469 g/mol. The number of aromatic nitrogens is 4. The van der Waals surface area contributed by atoms with Crippen molar-refractivity contribution in [3.63, 3.8) is 0 Å². The molecule has 178 valence electrons. The van der Waals surface area contributed by atoms with Crippen molar-refractivity contribution in [1.82, 2.24) is 19.6 Å². The van der Waals surface area contributed by atoms with Crippen molar-refractivity contribution in [3.8, 4) is 16.9 Å². The number of fused-ring (bicyclic) bond motifs is 2. The van der Waals surface area contributed by atoms with E-state index in [1.54, 1.807) is 12.1 Å². The number of hydrogen-bond acceptors (Lipinski definition) is 5. The fourth-order valence-corrected chi connectivity index (χ4v) is 4.57. The van der Waals surface area contributed by atoms with Gasteiger partial charge in [-0.3, -0.25) is 14.2 Å². The summed E-state index contributed by atoms with van der Waals surface area (Å²) in [4.78, 5) is 11.3. The van der Waals surface area contributed by atoms with Gasteiger partial charge < -0.3 is 15.6 Å². The molecule has 0 saturated heterocycles. The molecular weight excluding hydrogens is 442 g/mol. The maximum atomic E-state index is 11.3. The maximum Gasteiger partial charge on any atom is 0.307 e. The highest BCUT2D eigenvalue weighted by molar-refractivity contribution is 6.01. The van der Waals surface area contributed by atoms with Gasteiger partial charge >= 0.3 is 5.97 Å². The van der Waals surface area contributed by atoms with Gasteiger partial charge in [0.05, 0.1) is 17.5 Å². The summed E-state index contributed by atoms with van der Waals surface area (Å²) in [5, 5.41) is 20.4. The van der Waals surface area contributed by atoms with E-state index < -0.39 is 5.97 Å². The minimum absolute atomic E-state index is 0.0979. The molecule has 0 saturated carbocycles. The summed E-state index contributed by atoms with van der Waals surface area (Å²) < 4.78 is 9.89. The topological polar surface area (TPSA) is 108 Å². The molecule has 35 heavy (non-hydrogen) atoms. The number of aliphatic carboxylic acids is 1. The Morgan fingerprint density at radius 2 is 1.86 bits per heavy atom. The first-order valence-corrected chi connectivity index (χ1v) is 11.5. The lowest BCUT2D eigenvalue weighted by Crippen LogP contribution is -2.06. The van der Waals surface area contributed by atoms with Crippen LogP contribution in [0.5, 0.6) is 5.75 Å². The molecule has 2 heterocycles. The lowest BCUT2D eigenvalue weighted by molar-refractivity contribution is -0.136. The molecule has 0 radical (unpaired) electrons. The van der Waals surface area contributed by atoms with Crippen LogP contribution in [0.1, 0.15) is 31.1 Å². The second kappa shape index (κ2) is 8.79. The van der Waals surface area contributed by atoms with Crippen LogP contribution in [-0.4, -0.2) is 30.6 Å². The lowest BCUT2D eigenvalue weighted by Gasteiger charge is -2.10. The number of nitrogens with two attached hydrogens (primary N) is 1. The summed E-state index contributed by atoms with van der Waals surface area (Å²) in [5.74, 6) is 0.158. The van der Waals surface area contributed by atoms with Gasteiger partial charge in [-0.05, 0) is 43.7 Å². The molecule has 0 aliphatic carbocycles. The first-order valence-electron chi connectivity index (χ1n) is 11.5. The van der Waals surface area contributed by atoms with Crippen LogP contribution in [0, 0.1) is 0 Å². The van der Waals surface area contributed by atoms with E-state index >= 15 is 0 Å². The van der Waals surface area contributed by atoms with Gasteiger partial charge in [-0.15, -0.1) is 0 Å². The van der Waals surface area contributed by atoms with Gasteiger partial charge in [-0.1, -0.05) is 36.4 Å². The third-order valence-corrected chi connectivity index (χ3v) is 6.15. The number of benzene rings is 3. The number of carboxylic acid groups (broad SMARTS) is 1. The number of nitrogen functional groups attached to an aromatic ring is 1. The van der Waals surface area contributed by atoms with Gasteiger partial charge in [0.2, 0.25) is 0 Å². The molecule has 5 rings (SSSR count). The number of hydrogen-bond donors (Lipinski definition) is 2. The van der Waals surface area contributed by atoms with E-state index in [-0.39, 0.29) is 19.1 Å². The van der Waals surface area contributed by atoms with Crippen LogP contribution >= 0.6 is 0 Å². The zero-order valence-electron chi connectivity index (χ0n) is 19.9. The van der Waals surface area contributed by atoms with Crippen molar-refractivity contribution in [1.29, 1.82) is 0 Å². The highest BCUT2D eigenvalue weighted by atomic mass is 16.5. The number of para-hydroxylation sites is 2. The molecule has 0 aliphatic heterocycles. The number of aryl methyl sites for hydroxylation is 1. The van der Waals surface area contributed by atoms with Crippen LogP contribution < -0.4 is 10.5 Å². The maximum absolute atomic E-state index is 11.3. The Kier molecular flexibility index (Phi) is 5.64. The highest BCUT2D eigenvalue weighted by Gasteiger charge is 2.17. The number of carboxylic acids is 1. The van der Waals surface area contributed by atoms with Gasteiger partial charge in [-0.2, -0.15) is 10.2 Å². The van der Waals surface area contributed by atoms with E-state index in [2.05, 4.69) is 43.2 Å². The Morgan fingerprint density at radius 1 is 1.06 bits per heavy atom. The normalized spacial score (nSPS) is 11.5. The number of ether oxygens (including phenoxy) is 1. The second-order valence-electron chi connectivity index (χ2n) is 8.89. The Balaban J connectivity index is 1.58. The van der Waals surface area contributed by atoms with E-state index in [1.165, 1.54) is 0 Å². The quantitative estimate of drug-likeness (QED) is 0.349. The van der Waals surface area contributed by atoms with Crippen LogP contribution in [0.15, 0.2) is 60.7 Å². The van der Waals surface area contributed by atoms with Crippen molar-refractivity contribution >= 4 is 33.6 Å². The number of carbonyl (C=O) groups is 1. The molecule has 0 spiro atoms. The number of rotatable bonds is 7. The van der Waals surface area contributed by atoms with Crippen LogP contribution in [0.4, 0.5) is 5.82 Å². The summed E-state index contributed by atoms with van der Waals surface area (Å²) in [6.45, 7) is 4.40. The van der Waals surface area contributed by atoms with E-state index in [9.17, 15) is 9.90 Å². The van der Waals surface area contributed by atoms with Crippen LogP contribution in [0.3, 0.4) is 0 Å². The van der Waals surface area contributed by atoms with Gasteiger partial charge in [0.1, 0.15) is 18.1 Å². The fraction of sp³-hybridized carbons (Fsp3) is 0.222. The first-order chi connectivity index (χ1) is 16.8. The third kappa shape index (κ3) is 4.07. The molecule has 0 fully saturated rings. The van der Waals surface area contributed by atoms with E-state index in [1.807, 2.05) is 40.7 Å². The van der Waals surface area contributed by atoms with Gasteiger partial charge in [0.15, 0.2) is 5.82 Å². The molecule has 2 aromatic heterocycles. The Hall–Kier alpha value is -4.33. The molecule has 3 N–H and O–H groups in total. The molecular formula is C27H27N5O3. The lowest BCUT2D eigenvalue weighted by atomic mass is 10.0. The van der Waals surface area contributed by atoms with E-state index in [0.717, 1.165) is 38.6 Å². The first kappa shape index (κ1) is 22.5. The smallest absolute Gasteiger partial charge is 0.307 e. The molecule has 0 unspecified atom stereocenters. The summed E-state index contributed by atoms with van der Waals surface area (Å²) >= 11 is 0. The predicted molar refractivity (Wildman–Crippen MR) is 136 cm³/mol. The van der Waals surface area contributed by atoms with Crippen molar-refractivity contribution in [2.24, 2.45) is 7.05 Å². The van der Waals surface area contributed by atoms with Crippen molar-refractivity contribution in [2.75, 3.05) is 5.73 Å². The van der Waals surface area contributed by atoms with Gasteiger partial charge in [-0.25, -0.2) is 0 Å². The van der Waals surface area contributed by atoms with Crippen LogP contribution in [0.2, 0.25) is 0 Å². The largest absolute Gasteiger partial charge is 0.487 e. The molecule has 0 aliphatic rings. The standard InChI is InChI=1S/C27H27N5O3/c1-16(2)32-23-12-11-17(19-8-6-9-20-26(19)31(3)30-27(20)28)13-21(23)22(29-32)15-35-24-10-5-4-7-18(24)14-25(33)34/h4-13,16H,14-15H2,1-3H3,(H2,28,30)(H,33,34). The van der Waals surface area contributed by atoms with Gasteiger partial charge in [0.25, 0.3) is 0 Å². The van der Waals surface area contributed by atoms with Gasteiger partial charge in [0, 0.05) is 35.0 Å². The summed E-state index contributed by atoms with van der Waals surface area (Å²) in [6, 6.07) is 19.7. The number of nitrogens with zero attached hydrogens (tertiary/aromatic N) is 4. The predicted octanol–water partition coefficient (Wildman–Crippen LogP) is 4.96. The molecule has 0 amide bonds. The zero-order valence-corrected chi connectivity index (χ0v) is 19.9. The summed E-state index contributed by atoms with van der Waals surface area (Å²) in [6.07, 6.45) is -0.0979. The van der Waals surface area contributed by atoms with Crippen molar-refractivity contribution < 1.29 is 14.6 Å². The molecule has 3 aromatic carbocycles. The van der Waals surface area contributed by atoms with Crippen LogP contribution in [-0.2, 0) is 24.9 Å². The highest BCUT2D eigenvalue weighted by Crippen LogP contribution is 2.34. The summed E-state index contributed by atoms with van der Waals surface area (Å²) in [7, 11) is 1.89. The van der Waals surface area contributed by atoms with Crippen molar-refractivity contribution in [2.45, 2.75) is 32.9 Å². The molecule has 8 nitrogen and oxygen atoms in total. The van der Waals surface area contributed by atoms with E-state index in [4.69, 9.17) is 15.6 Å². The molecule has 0 bridgehead atoms. The molecule has 5 aromatic rings. The third-order valence-electron chi connectivity index (χ3n) is 6.15. The molecule has 8 heteroatoms. The van der Waals surface area contributed by atoms with Crippen molar-refractivity contribution in [3.05, 3.63) is 71.9 Å². The minimum Gasteiger partial charge on any atom is -0.487 e. The number of anilines is 1. The van der Waals surface area contributed by atoms with Crippen LogP contribution in [0.25, 0.3) is 32.9 Å². The Bertz CT molecular complexity index is 1560. The van der Waals surface area contributed by atoms with E-state index in [0.29, 0.717) is 17.1 Å².